The number of carbonyl (C=O) groups is 2. The van der Waals surface area contributed by atoms with Gasteiger partial charge in [-0.1, -0.05) is 79.2 Å². The Balaban J connectivity index is 1.34. The van der Waals surface area contributed by atoms with Gasteiger partial charge in [0.15, 0.2) is 11.5 Å². The largest absolute Gasteiger partial charge is 0.497 e. The first-order valence-electron chi connectivity index (χ1n) is 12.0. The molecule has 0 aromatic heterocycles. The summed E-state index contributed by atoms with van der Waals surface area (Å²) in [6.07, 6.45) is 3.24. The second-order valence-corrected chi connectivity index (χ2v) is 8.75. The quantitative estimate of drug-likeness (QED) is 0.420. The number of ketones is 1. The van der Waals surface area contributed by atoms with Gasteiger partial charge in [-0.05, 0) is 41.7 Å². The van der Waals surface area contributed by atoms with Crippen LogP contribution in [0.2, 0.25) is 0 Å². The van der Waals surface area contributed by atoms with E-state index >= 15 is 0 Å². The van der Waals surface area contributed by atoms with E-state index in [-0.39, 0.29) is 17.6 Å². The van der Waals surface area contributed by atoms with Gasteiger partial charge >= 0.3 is 0 Å². The van der Waals surface area contributed by atoms with Crippen molar-refractivity contribution in [3.63, 3.8) is 0 Å². The molecule has 180 valence electrons. The zero-order valence-corrected chi connectivity index (χ0v) is 20.0. The number of amides is 1. The molecule has 6 nitrogen and oxygen atoms in total. The number of hydrogen-bond donors (Lipinski definition) is 1. The maximum Gasteiger partial charge on any atom is 0.266 e. The van der Waals surface area contributed by atoms with Crippen LogP contribution in [0, 0.1) is 0 Å². The fourth-order valence-corrected chi connectivity index (χ4v) is 4.56. The van der Waals surface area contributed by atoms with Gasteiger partial charge < -0.3 is 10.5 Å². The SMILES string of the molecule is COc1cccc(CC(=O)CCCCCN2C(=O)C(c3ccccc3)(c3ccccc3)N=C2N)c1. The van der Waals surface area contributed by atoms with Crippen LogP contribution in [-0.2, 0) is 21.5 Å². The Bertz CT molecular complexity index is 1150. The van der Waals surface area contributed by atoms with Crippen molar-refractivity contribution in [2.45, 2.75) is 37.6 Å². The minimum absolute atomic E-state index is 0.137. The summed E-state index contributed by atoms with van der Waals surface area (Å²) in [6, 6.07) is 26.7. The summed E-state index contributed by atoms with van der Waals surface area (Å²) in [6.45, 7) is 0.472. The highest BCUT2D eigenvalue weighted by atomic mass is 16.5. The molecular formula is C29H31N3O3. The normalized spacial score (nSPS) is 14.6. The molecule has 3 aromatic carbocycles. The number of nitrogens with two attached hydrogens (primary N) is 1. The lowest BCUT2D eigenvalue weighted by Gasteiger charge is -2.27. The van der Waals surface area contributed by atoms with Crippen LogP contribution in [0.15, 0.2) is 89.9 Å². The average Bonchev–Trinajstić information content (AvgIpc) is 3.15. The zero-order chi connectivity index (χ0) is 24.7. The maximum atomic E-state index is 13.7. The van der Waals surface area contributed by atoms with Gasteiger partial charge in [0.25, 0.3) is 5.91 Å². The third kappa shape index (κ3) is 5.27. The first-order chi connectivity index (χ1) is 17.0. The molecule has 0 saturated carbocycles. The van der Waals surface area contributed by atoms with Crippen molar-refractivity contribution in [3.8, 4) is 5.75 Å². The number of rotatable bonds is 11. The van der Waals surface area contributed by atoms with Crippen LogP contribution in [0.3, 0.4) is 0 Å². The second kappa shape index (κ2) is 11.0. The average molecular weight is 470 g/mol. The van der Waals surface area contributed by atoms with Gasteiger partial charge in [-0.2, -0.15) is 0 Å². The van der Waals surface area contributed by atoms with Crippen molar-refractivity contribution in [2.24, 2.45) is 10.7 Å². The lowest BCUT2D eigenvalue weighted by Crippen LogP contribution is -2.44. The fourth-order valence-electron chi connectivity index (χ4n) is 4.56. The number of methoxy groups -OCH3 is 1. The van der Waals surface area contributed by atoms with Crippen LogP contribution in [0.4, 0.5) is 0 Å². The number of unbranched alkanes of at least 4 members (excludes halogenated alkanes) is 2. The van der Waals surface area contributed by atoms with E-state index in [9.17, 15) is 9.59 Å². The van der Waals surface area contributed by atoms with Gasteiger partial charge in [-0.25, -0.2) is 4.99 Å². The van der Waals surface area contributed by atoms with Gasteiger partial charge in [0.05, 0.1) is 7.11 Å². The number of nitrogens with zero attached hydrogens (tertiary/aromatic N) is 2. The van der Waals surface area contributed by atoms with Crippen molar-refractivity contribution in [2.75, 3.05) is 13.7 Å². The lowest BCUT2D eigenvalue weighted by molar-refractivity contribution is -0.130. The Morgan fingerprint density at radius 3 is 2.20 bits per heavy atom. The molecule has 1 aliphatic rings. The van der Waals surface area contributed by atoms with Gasteiger partial charge in [0.2, 0.25) is 0 Å². The van der Waals surface area contributed by atoms with Crippen molar-refractivity contribution < 1.29 is 14.3 Å². The molecule has 6 heteroatoms. The molecule has 1 amide bonds. The Morgan fingerprint density at radius 2 is 1.57 bits per heavy atom. The second-order valence-electron chi connectivity index (χ2n) is 8.75. The number of carbonyl (C=O) groups excluding carboxylic acids is 2. The smallest absolute Gasteiger partial charge is 0.266 e. The number of Topliss-reactive ketones (excluding diaryl/α,β-unsaturated/α-hetero) is 1. The molecular weight excluding hydrogens is 438 g/mol. The van der Waals surface area contributed by atoms with Crippen molar-refractivity contribution in [1.82, 2.24) is 4.90 Å². The summed E-state index contributed by atoms with van der Waals surface area (Å²) in [5, 5.41) is 0. The van der Waals surface area contributed by atoms with Gasteiger partial charge in [-0.3, -0.25) is 14.5 Å². The number of benzene rings is 3. The van der Waals surface area contributed by atoms with Crippen molar-refractivity contribution in [1.29, 1.82) is 0 Å². The van der Waals surface area contributed by atoms with E-state index in [0.29, 0.717) is 19.4 Å². The molecule has 1 heterocycles. The highest BCUT2D eigenvalue weighted by molar-refractivity contribution is 6.09. The Morgan fingerprint density at radius 1 is 0.914 bits per heavy atom. The molecule has 2 N–H and O–H groups in total. The van der Waals surface area contributed by atoms with Gasteiger partial charge in [0, 0.05) is 19.4 Å². The van der Waals surface area contributed by atoms with Gasteiger partial charge in [-0.15, -0.1) is 0 Å². The van der Waals surface area contributed by atoms with Crippen LogP contribution in [0.5, 0.6) is 5.75 Å². The predicted molar refractivity (Wildman–Crippen MR) is 137 cm³/mol. The Kier molecular flexibility index (Phi) is 7.60. The Labute approximate surface area is 206 Å². The van der Waals surface area contributed by atoms with Crippen LogP contribution in [-0.4, -0.2) is 36.2 Å². The van der Waals surface area contributed by atoms with Crippen LogP contribution < -0.4 is 10.5 Å². The molecule has 0 saturated heterocycles. The molecule has 0 atom stereocenters. The maximum absolute atomic E-state index is 13.7. The molecule has 0 fully saturated rings. The van der Waals surface area contributed by atoms with E-state index in [0.717, 1.165) is 41.7 Å². The molecule has 35 heavy (non-hydrogen) atoms. The molecule has 0 unspecified atom stereocenters. The molecule has 0 radical (unpaired) electrons. The molecule has 3 aromatic rings. The third-order valence-electron chi connectivity index (χ3n) is 6.37. The number of aliphatic imine (C=N–C) groups is 1. The van der Waals surface area contributed by atoms with E-state index in [4.69, 9.17) is 15.5 Å². The minimum atomic E-state index is -1.17. The molecule has 0 spiro atoms. The van der Waals surface area contributed by atoms with E-state index in [1.54, 1.807) is 12.0 Å². The van der Waals surface area contributed by atoms with Crippen molar-refractivity contribution in [3.05, 3.63) is 102 Å². The topological polar surface area (TPSA) is 85.0 Å². The highest BCUT2D eigenvalue weighted by Crippen LogP contribution is 2.39. The van der Waals surface area contributed by atoms with Crippen LogP contribution in [0.1, 0.15) is 42.4 Å². The van der Waals surface area contributed by atoms with E-state index in [1.165, 1.54) is 0 Å². The first kappa shape index (κ1) is 24.2. The first-order valence-corrected chi connectivity index (χ1v) is 12.0. The minimum Gasteiger partial charge on any atom is -0.497 e. The van der Waals surface area contributed by atoms with Crippen molar-refractivity contribution >= 4 is 17.6 Å². The number of guanidine groups is 1. The number of hydrogen-bond acceptors (Lipinski definition) is 5. The van der Waals surface area contributed by atoms with Crippen LogP contribution in [0.25, 0.3) is 0 Å². The molecule has 4 rings (SSSR count). The lowest BCUT2D eigenvalue weighted by atomic mass is 9.83. The Hall–Kier alpha value is -3.93. The summed E-state index contributed by atoms with van der Waals surface area (Å²) in [5.74, 6) is 1.05. The van der Waals surface area contributed by atoms with Crippen LogP contribution >= 0.6 is 0 Å². The van der Waals surface area contributed by atoms with E-state index in [2.05, 4.69) is 0 Å². The summed E-state index contributed by atoms with van der Waals surface area (Å²) in [4.78, 5) is 32.4. The standard InChI is InChI=1S/C29H31N3O3/c1-35-26-18-11-12-22(21-26)20-25(33)17-9-4-10-19-32-27(34)29(31-28(32)30,23-13-5-2-6-14-23)24-15-7-3-8-16-24/h2-3,5-8,11-16,18,21H,4,9-10,17,19-20H2,1H3,(H2,30,31). The summed E-state index contributed by atoms with van der Waals surface area (Å²) in [5.41, 5.74) is 7.67. The summed E-state index contributed by atoms with van der Waals surface area (Å²) in [7, 11) is 1.62. The molecule has 1 aliphatic heterocycles. The number of ether oxygens (including phenoxy) is 1. The fraction of sp³-hybridized carbons (Fsp3) is 0.276. The van der Waals surface area contributed by atoms with E-state index < -0.39 is 5.54 Å². The molecule has 0 bridgehead atoms. The zero-order valence-electron chi connectivity index (χ0n) is 20.0. The van der Waals surface area contributed by atoms with E-state index in [1.807, 2.05) is 84.9 Å². The molecule has 0 aliphatic carbocycles. The predicted octanol–water partition coefficient (Wildman–Crippen LogP) is 4.47. The summed E-state index contributed by atoms with van der Waals surface area (Å²) < 4.78 is 5.22. The summed E-state index contributed by atoms with van der Waals surface area (Å²) >= 11 is 0. The third-order valence-corrected chi connectivity index (χ3v) is 6.37. The highest BCUT2D eigenvalue weighted by Gasteiger charge is 2.50. The van der Waals surface area contributed by atoms with Gasteiger partial charge in [0.1, 0.15) is 11.5 Å². The monoisotopic (exact) mass is 469 g/mol.